The van der Waals surface area contributed by atoms with Crippen molar-refractivity contribution >= 4 is 18.0 Å². The molecule has 8 nitrogen and oxygen atoms in total. The van der Waals surface area contributed by atoms with Gasteiger partial charge < -0.3 is 25.6 Å². The summed E-state index contributed by atoms with van der Waals surface area (Å²) in [6.07, 6.45) is 4.26. The van der Waals surface area contributed by atoms with Crippen molar-refractivity contribution in [3.63, 3.8) is 0 Å². The van der Waals surface area contributed by atoms with Crippen molar-refractivity contribution in [2.45, 2.75) is 58.1 Å². The molecule has 1 spiro atoms. The second-order valence-corrected chi connectivity index (χ2v) is 7.25. The minimum absolute atomic E-state index is 0.170. The molecule has 0 atom stereocenters. The molecule has 132 valence electrons. The highest BCUT2D eigenvalue weighted by Gasteiger charge is 2.45. The maximum atomic E-state index is 11.9. The molecule has 2 aliphatic rings. The number of amides is 1. The Morgan fingerprint density at radius 2 is 1.52 bits per heavy atom. The fraction of sp³-hybridized carbons (Fsp3) is 0.800. The average molecular weight is 330 g/mol. The molecule has 4 N–H and O–H groups in total. The van der Waals surface area contributed by atoms with Gasteiger partial charge in [-0.15, -0.1) is 0 Å². The number of aliphatic carboxylic acids is 2. The van der Waals surface area contributed by atoms with Gasteiger partial charge in [-0.1, -0.05) is 0 Å². The van der Waals surface area contributed by atoms with E-state index in [1.807, 2.05) is 25.7 Å². The van der Waals surface area contributed by atoms with Gasteiger partial charge in [0.1, 0.15) is 5.60 Å². The summed E-state index contributed by atoms with van der Waals surface area (Å²) in [5.41, 5.74) is 5.90. The summed E-state index contributed by atoms with van der Waals surface area (Å²) >= 11 is 0. The SMILES string of the molecule is CC(C)(C)OC(=O)N1CCC2(CC1)CC(N)C2.O=C(O)C(=O)O. The van der Waals surface area contributed by atoms with Crippen LogP contribution in [0.4, 0.5) is 4.79 Å². The number of ether oxygens (including phenoxy) is 1. The van der Waals surface area contributed by atoms with E-state index in [1.165, 1.54) is 0 Å². The first-order valence-electron chi connectivity index (χ1n) is 7.64. The van der Waals surface area contributed by atoms with Crippen molar-refractivity contribution in [3.8, 4) is 0 Å². The van der Waals surface area contributed by atoms with Crippen LogP contribution in [-0.2, 0) is 14.3 Å². The lowest BCUT2D eigenvalue weighted by Crippen LogP contribution is -2.53. The number of likely N-dealkylation sites (tertiary alicyclic amines) is 1. The van der Waals surface area contributed by atoms with Crippen LogP contribution in [0.25, 0.3) is 0 Å². The number of carboxylic acids is 2. The lowest BCUT2D eigenvalue weighted by molar-refractivity contribution is -0.159. The fourth-order valence-electron chi connectivity index (χ4n) is 2.95. The highest BCUT2D eigenvalue weighted by Crippen LogP contribution is 2.48. The second kappa shape index (κ2) is 7.16. The molecule has 1 heterocycles. The van der Waals surface area contributed by atoms with Crippen molar-refractivity contribution in [1.82, 2.24) is 4.90 Å². The minimum Gasteiger partial charge on any atom is -0.473 e. The molecule has 0 aromatic carbocycles. The molecule has 1 amide bonds. The highest BCUT2D eigenvalue weighted by molar-refractivity contribution is 6.27. The Balaban J connectivity index is 0.000000379. The molecular weight excluding hydrogens is 304 g/mol. The third-order valence-corrected chi connectivity index (χ3v) is 4.05. The number of nitrogens with zero attached hydrogens (tertiary/aromatic N) is 1. The maximum Gasteiger partial charge on any atom is 0.414 e. The van der Waals surface area contributed by atoms with E-state index in [4.69, 9.17) is 30.3 Å². The largest absolute Gasteiger partial charge is 0.473 e. The Hall–Kier alpha value is -1.83. The van der Waals surface area contributed by atoms with Gasteiger partial charge in [0.2, 0.25) is 0 Å². The van der Waals surface area contributed by atoms with E-state index in [0.717, 1.165) is 38.8 Å². The van der Waals surface area contributed by atoms with Gasteiger partial charge in [0.05, 0.1) is 0 Å². The van der Waals surface area contributed by atoms with Gasteiger partial charge in [0.25, 0.3) is 0 Å². The van der Waals surface area contributed by atoms with Crippen LogP contribution in [0.3, 0.4) is 0 Å². The van der Waals surface area contributed by atoms with Gasteiger partial charge in [-0.25, -0.2) is 14.4 Å². The summed E-state index contributed by atoms with van der Waals surface area (Å²) in [5.74, 6) is -3.65. The smallest absolute Gasteiger partial charge is 0.414 e. The molecule has 2 fully saturated rings. The van der Waals surface area contributed by atoms with E-state index >= 15 is 0 Å². The standard InChI is InChI=1S/C13H24N2O2.C2H2O4/c1-12(2,3)17-11(16)15-6-4-13(5-7-15)8-10(14)9-13;3-1(4)2(5)6/h10H,4-9,14H2,1-3H3;(H,3,4)(H,5,6). The third-order valence-electron chi connectivity index (χ3n) is 4.05. The predicted octanol–water partition coefficient (Wildman–Crippen LogP) is 1.28. The molecule has 0 unspecified atom stereocenters. The van der Waals surface area contributed by atoms with E-state index in [9.17, 15) is 4.79 Å². The van der Waals surface area contributed by atoms with Gasteiger partial charge in [-0.2, -0.15) is 0 Å². The van der Waals surface area contributed by atoms with Crippen LogP contribution in [0.15, 0.2) is 0 Å². The number of rotatable bonds is 0. The van der Waals surface area contributed by atoms with E-state index in [-0.39, 0.29) is 6.09 Å². The fourth-order valence-corrected chi connectivity index (χ4v) is 2.95. The Bertz CT molecular complexity index is 443. The lowest BCUT2D eigenvalue weighted by Gasteiger charge is -2.51. The Morgan fingerprint density at radius 1 is 1.09 bits per heavy atom. The molecule has 8 heteroatoms. The maximum absolute atomic E-state index is 11.9. The molecule has 0 aromatic rings. The monoisotopic (exact) mass is 330 g/mol. The van der Waals surface area contributed by atoms with Crippen molar-refractivity contribution in [2.24, 2.45) is 11.1 Å². The number of hydrogen-bond acceptors (Lipinski definition) is 5. The zero-order valence-electron chi connectivity index (χ0n) is 13.9. The van der Waals surface area contributed by atoms with Gasteiger partial charge in [-0.3, -0.25) is 0 Å². The summed E-state index contributed by atoms with van der Waals surface area (Å²) in [6, 6.07) is 0.392. The van der Waals surface area contributed by atoms with Crippen molar-refractivity contribution in [1.29, 1.82) is 0 Å². The number of carbonyl (C=O) groups is 3. The van der Waals surface area contributed by atoms with Gasteiger partial charge >= 0.3 is 18.0 Å². The topological polar surface area (TPSA) is 130 Å². The Labute approximate surface area is 135 Å². The summed E-state index contributed by atoms with van der Waals surface area (Å²) < 4.78 is 5.38. The van der Waals surface area contributed by atoms with E-state index in [0.29, 0.717) is 11.5 Å². The molecule has 0 bridgehead atoms. The summed E-state index contributed by atoms with van der Waals surface area (Å²) in [7, 11) is 0. The quantitative estimate of drug-likeness (QED) is 0.570. The van der Waals surface area contributed by atoms with E-state index in [2.05, 4.69) is 0 Å². The third kappa shape index (κ3) is 6.05. The lowest BCUT2D eigenvalue weighted by atomic mass is 9.61. The summed E-state index contributed by atoms with van der Waals surface area (Å²) in [6.45, 7) is 7.35. The molecule has 1 saturated heterocycles. The van der Waals surface area contributed by atoms with Crippen LogP contribution in [-0.4, -0.2) is 57.9 Å². The van der Waals surface area contributed by atoms with Crippen molar-refractivity contribution < 1.29 is 29.3 Å². The van der Waals surface area contributed by atoms with Crippen LogP contribution in [0.5, 0.6) is 0 Å². The number of hydrogen-bond donors (Lipinski definition) is 3. The number of carbonyl (C=O) groups excluding carboxylic acids is 1. The molecule has 1 aliphatic heterocycles. The molecule has 1 aliphatic carbocycles. The molecular formula is C15H26N2O6. The zero-order chi connectivity index (χ0) is 17.8. The first-order valence-corrected chi connectivity index (χ1v) is 7.64. The first kappa shape index (κ1) is 19.2. The predicted molar refractivity (Wildman–Crippen MR) is 82.0 cm³/mol. The number of nitrogens with two attached hydrogens (primary N) is 1. The van der Waals surface area contributed by atoms with Gasteiger partial charge in [-0.05, 0) is 51.9 Å². The van der Waals surface area contributed by atoms with Crippen LogP contribution in [0, 0.1) is 5.41 Å². The van der Waals surface area contributed by atoms with E-state index < -0.39 is 17.5 Å². The summed E-state index contributed by atoms with van der Waals surface area (Å²) in [5, 5.41) is 14.8. The number of carboxylic acid groups (broad SMARTS) is 2. The van der Waals surface area contributed by atoms with Crippen molar-refractivity contribution in [3.05, 3.63) is 0 Å². The Kier molecular flexibility index (Phi) is 5.98. The van der Waals surface area contributed by atoms with Crippen LogP contribution < -0.4 is 5.73 Å². The Morgan fingerprint density at radius 3 is 1.83 bits per heavy atom. The second-order valence-electron chi connectivity index (χ2n) is 7.25. The normalized spacial score (nSPS) is 20.1. The summed E-state index contributed by atoms with van der Waals surface area (Å²) in [4.78, 5) is 31.9. The zero-order valence-corrected chi connectivity index (χ0v) is 13.9. The average Bonchev–Trinajstić information content (AvgIpc) is 2.36. The molecule has 23 heavy (non-hydrogen) atoms. The van der Waals surface area contributed by atoms with Gasteiger partial charge in [0.15, 0.2) is 0 Å². The minimum atomic E-state index is -1.82. The van der Waals surface area contributed by atoms with Crippen LogP contribution >= 0.6 is 0 Å². The van der Waals surface area contributed by atoms with Crippen LogP contribution in [0.1, 0.15) is 46.5 Å². The molecule has 0 aromatic heterocycles. The van der Waals surface area contributed by atoms with Crippen LogP contribution in [0.2, 0.25) is 0 Å². The molecule has 0 radical (unpaired) electrons. The molecule has 1 saturated carbocycles. The first-order chi connectivity index (χ1) is 10.4. The van der Waals surface area contributed by atoms with E-state index in [1.54, 1.807) is 0 Å². The van der Waals surface area contributed by atoms with Crippen molar-refractivity contribution in [2.75, 3.05) is 13.1 Å². The number of piperidine rings is 1. The molecule has 2 rings (SSSR count). The van der Waals surface area contributed by atoms with Gasteiger partial charge in [0, 0.05) is 19.1 Å². The highest BCUT2D eigenvalue weighted by atomic mass is 16.6.